The number of hydrogen-bond acceptors (Lipinski definition) is 5. The molecule has 32 heavy (non-hydrogen) atoms. The number of ether oxygens (including phenoxy) is 2. The standard InChI is InChI=1S/C24H28ClNO6/c1-17(27)21(12-13-25)23(28)26(14-18-8-10-20(31-2)11-9-18)22(24(29)30)16-32-15-19-6-4-3-5-7-19/h3-11,21-22H,12-16H2,1-2H3,(H,29,30). The van der Waals surface area contributed by atoms with Gasteiger partial charge >= 0.3 is 5.97 Å². The maximum Gasteiger partial charge on any atom is 0.328 e. The molecule has 2 aromatic rings. The van der Waals surface area contributed by atoms with Crippen molar-refractivity contribution in [1.82, 2.24) is 4.90 Å². The Hall–Kier alpha value is -2.90. The Kier molecular flexibility index (Phi) is 10.2. The van der Waals surface area contributed by atoms with E-state index in [-0.39, 0.29) is 37.8 Å². The molecule has 172 valence electrons. The third-order valence-corrected chi connectivity index (χ3v) is 5.25. The summed E-state index contributed by atoms with van der Waals surface area (Å²) in [5.41, 5.74) is 1.58. The number of amides is 1. The van der Waals surface area contributed by atoms with Gasteiger partial charge in [0.25, 0.3) is 0 Å². The number of carboxylic acid groups (broad SMARTS) is 1. The second-order valence-corrected chi connectivity index (χ2v) is 7.69. The molecule has 0 fully saturated rings. The predicted molar refractivity (Wildman–Crippen MR) is 121 cm³/mol. The van der Waals surface area contributed by atoms with Crippen molar-refractivity contribution in [2.75, 3.05) is 19.6 Å². The molecule has 2 atom stereocenters. The molecule has 0 saturated heterocycles. The normalized spacial score (nSPS) is 12.6. The molecule has 2 aromatic carbocycles. The smallest absolute Gasteiger partial charge is 0.328 e. The number of ketones is 1. The van der Waals surface area contributed by atoms with Gasteiger partial charge in [0.2, 0.25) is 5.91 Å². The zero-order chi connectivity index (χ0) is 23.5. The third kappa shape index (κ3) is 7.35. The van der Waals surface area contributed by atoms with E-state index in [4.69, 9.17) is 21.1 Å². The first kappa shape index (κ1) is 25.4. The number of alkyl halides is 1. The number of carbonyl (C=O) groups excluding carboxylic acids is 2. The number of aliphatic carboxylic acids is 1. The maximum absolute atomic E-state index is 13.3. The van der Waals surface area contributed by atoms with E-state index in [1.54, 1.807) is 31.4 Å². The van der Waals surface area contributed by atoms with Gasteiger partial charge in [-0.25, -0.2) is 4.79 Å². The van der Waals surface area contributed by atoms with E-state index >= 15 is 0 Å². The van der Waals surface area contributed by atoms with E-state index in [1.807, 2.05) is 30.3 Å². The van der Waals surface area contributed by atoms with Crippen LogP contribution in [0.4, 0.5) is 0 Å². The lowest BCUT2D eigenvalue weighted by molar-refractivity contribution is -0.157. The van der Waals surface area contributed by atoms with Crippen LogP contribution in [-0.2, 0) is 32.3 Å². The van der Waals surface area contributed by atoms with Crippen molar-refractivity contribution >= 4 is 29.3 Å². The quantitative estimate of drug-likeness (QED) is 0.362. The zero-order valence-corrected chi connectivity index (χ0v) is 19.0. The maximum atomic E-state index is 13.3. The summed E-state index contributed by atoms with van der Waals surface area (Å²) in [6.07, 6.45) is 0.131. The molecule has 0 aliphatic carbocycles. The van der Waals surface area contributed by atoms with Crippen LogP contribution in [0.2, 0.25) is 0 Å². The first-order valence-electron chi connectivity index (χ1n) is 10.2. The first-order valence-corrected chi connectivity index (χ1v) is 10.7. The summed E-state index contributed by atoms with van der Waals surface area (Å²) in [6, 6.07) is 15.0. The Balaban J connectivity index is 2.27. The minimum absolute atomic E-state index is 0.000553. The molecule has 1 N–H and O–H groups in total. The fourth-order valence-electron chi connectivity index (χ4n) is 3.24. The number of rotatable bonds is 13. The summed E-state index contributed by atoms with van der Waals surface area (Å²) in [4.78, 5) is 38.7. The lowest BCUT2D eigenvalue weighted by atomic mass is 9.98. The summed E-state index contributed by atoms with van der Waals surface area (Å²) in [6.45, 7) is 1.29. The van der Waals surface area contributed by atoms with Gasteiger partial charge in [-0.1, -0.05) is 42.5 Å². The highest BCUT2D eigenvalue weighted by Crippen LogP contribution is 2.20. The van der Waals surface area contributed by atoms with E-state index in [1.165, 1.54) is 11.8 Å². The summed E-state index contributed by atoms with van der Waals surface area (Å²) in [7, 11) is 1.54. The lowest BCUT2D eigenvalue weighted by Crippen LogP contribution is -2.50. The molecule has 0 radical (unpaired) electrons. The van der Waals surface area contributed by atoms with E-state index in [0.29, 0.717) is 11.3 Å². The van der Waals surface area contributed by atoms with Crippen molar-refractivity contribution in [2.45, 2.75) is 32.5 Å². The number of hydrogen-bond donors (Lipinski definition) is 1. The van der Waals surface area contributed by atoms with Gasteiger partial charge in [-0.2, -0.15) is 0 Å². The van der Waals surface area contributed by atoms with Gasteiger partial charge in [-0.05, 0) is 36.6 Å². The number of Topliss-reactive ketones (excluding diaryl/α,β-unsaturated/α-hetero) is 1. The van der Waals surface area contributed by atoms with Crippen LogP contribution in [0.25, 0.3) is 0 Å². The molecule has 0 spiro atoms. The lowest BCUT2D eigenvalue weighted by Gasteiger charge is -2.31. The molecule has 0 aliphatic heterocycles. The van der Waals surface area contributed by atoms with Gasteiger partial charge in [0.15, 0.2) is 6.04 Å². The first-order chi connectivity index (χ1) is 15.4. The molecule has 8 heteroatoms. The zero-order valence-electron chi connectivity index (χ0n) is 18.2. The average Bonchev–Trinajstić information content (AvgIpc) is 2.79. The highest BCUT2D eigenvalue weighted by atomic mass is 35.5. The Morgan fingerprint density at radius 3 is 2.22 bits per heavy atom. The van der Waals surface area contributed by atoms with Crippen molar-refractivity contribution in [3.8, 4) is 5.75 Å². The Bertz CT molecular complexity index is 887. The molecular weight excluding hydrogens is 434 g/mol. The molecule has 2 unspecified atom stereocenters. The topological polar surface area (TPSA) is 93.1 Å². The summed E-state index contributed by atoms with van der Waals surface area (Å²) in [5, 5.41) is 9.90. The minimum atomic E-state index is -1.27. The van der Waals surface area contributed by atoms with Gasteiger partial charge in [0, 0.05) is 12.4 Å². The number of carboxylic acids is 1. The number of halogens is 1. The Morgan fingerprint density at radius 2 is 1.69 bits per heavy atom. The largest absolute Gasteiger partial charge is 0.497 e. The van der Waals surface area contributed by atoms with Crippen LogP contribution in [-0.4, -0.2) is 53.3 Å². The predicted octanol–water partition coefficient (Wildman–Crippen LogP) is 3.53. The van der Waals surface area contributed by atoms with Crippen LogP contribution in [0.5, 0.6) is 5.75 Å². The van der Waals surface area contributed by atoms with Crippen LogP contribution >= 0.6 is 11.6 Å². The van der Waals surface area contributed by atoms with Gasteiger partial charge in [-0.3, -0.25) is 9.59 Å². The van der Waals surface area contributed by atoms with Crippen LogP contribution in [0.1, 0.15) is 24.5 Å². The monoisotopic (exact) mass is 461 g/mol. The summed E-state index contributed by atoms with van der Waals surface area (Å²) in [5.74, 6) is -2.42. The van der Waals surface area contributed by atoms with Crippen molar-refractivity contribution in [2.24, 2.45) is 5.92 Å². The van der Waals surface area contributed by atoms with Crippen molar-refractivity contribution in [3.63, 3.8) is 0 Å². The number of carbonyl (C=O) groups is 3. The van der Waals surface area contributed by atoms with Crippen molar-refractivity contribution in [1.29, 1.82) is 0 Å². The molecule has 7 nitrogen and oxygen atoms in total. The van der Waals surface area contributed by atoms with Gasteiger partial charge in [-0.15, -0.1) is 11.6 Å². The number of benzene rings is 2. The molecular formula is C24H28ClNO6. The molecule has 2 rings (SSSR count). The fraction of sp³-hybridized carbons (Fsp3) is 0.375. The molecule has 1 amide bonds. The van der Waals surface area contributed by atoms with Crippen LogP contribution in [0.15, 0.2) is 54.6 Å². The van der Waals surface area contributed by atoms with Crippen LogP contribution in [0.3, 0.4) is 0 Å². The van der Waals surface area contributed by atoms with E-state index in [2.05, 4.69) is 0 Å². The highest BCUT2D eigenvalue weighted by molar-refractivity contribution is 6.18. The third-order valence-electron chi connectivity index (χ3n) is 5.03. The fourth-order valence-corrected chi connectivity index (χ4v) is 3.45. The van der Waals surface area contributed by atoms with Crippen molar-refractivity contribution < 1.29 is 29.0 Å². The summed E-state index contributed by atoms with van der Waals surface area (Å²) >= 11 is 5.80. The minimum Gasteiger partial charge on any atom is -0.497 e. The van der Waals surface area contributed by atoms with Gasteiger partial charge < -0.3 is 19.5 Å². The second-order valence-electron chi connectivity index (χ2n) is 7.31. The molecule has 0 saturated carbocycles. The number of nitrogens with zero attached hydrogens (tertiary/aromatic N) is 1. The molecule has 0 aliphatic rings. The second kappa shape index (κ2) is 12.8. The van der Waals surface area contributed by atoms with Gasteiger partial charge in [0.05, 0.1) is 26.2 Å². The summed E-state index contributed by atoms with van der Waals surface area (Å²) < 4.78 is 10.8. The molecule has 0 aromatic heterocycles. The van der Waals surface area contributed by atoms with Gasteiger partial charge in [0.1, 0.15) is 11.5 Å². The average molecular weight is 462 g/mol. The van der Waals surface area contributed by atoms with Crippen LogP contribution in [0, 0.1) is 5.92 Å². The molecule has 0 heterocycles. The van der Waals surface area contributed by atoms with E-state index in [0.717, 1.165) is 5.56 Å². The molecule has 0 bridgehead atoms. The van der Waals surface area contributed by atoms with Crippen molar-refractivity contribution in [3.05, 3.63) is 65.7 Å². The highest BCUT2D eigenvalue weighted by Gasteiger charge is 2.35. The Morgan fingerprint density at radius 1 is 1.03 bits per heavy atom. The number of methoxy groups -OCH3 is 1. The Labute approximate surface area is 192 Å². The van der Waals surface area contributed by atoms with E-state index in [9.17, 15) is 19.5 Å². The van der Waals surface area contributed by atoms with E-state index < -0.39 is 23.8 Å². The van der Waals surface area contributed by atoms with Crippen LogP contribution < -0.4 is 4.74 Å². The SMILES string of the molecule is COc1ccc(CN(C(=O)C(CCCl)C(C)=O)C(COCc2ccccc2)C(=O)O)cc1.